The molecule has 0 radical (unpaired) electrons. The lowest BCUT2D eigenvalue weighted by Gasteiger charge is -2.04. The minimum absolute atomic E-state index is 0.202. The van der Waals surface area contributed by atoms with Gasteiger partial charge in [0.05, 0.1) is 6.61 Å². The molecule has 0 saturated carbocycles. The fraction of sp³-hybridized carbons (Fsp3) is 0.263. The van der Waals surface area contributed by atoms with E-state index in [1.807, 2.05) is 30.3 Å². The number of nitrogens with zero attached hydrogens (tertiary/aromatic N) is 1. The summed E-state index contributed by atoms with van der Waals surface area (Å²) < 4.78 is 11.0. The van der Waals surface area contributed by atoms with Crippen LogP contribution in [-0.4, -0.2) is 22.5 Å². The summed E-state index contributed by atoms with van der Waals surface area (Å²) in [4.78, 5) is 19.3. The number of carbonyl (C=O) groups is 1. The number of hydrogen-bond acceptors (Lipinski definition) is 4. The minimum atomic E-state index is -0.386. The van der Waals surface area contributed by atoms with Crippen molar-refractivity contribution in [1.82, 2.24) is 9.97 Å². The van der Waals surface area contributed by atoms with Crippen LogP contribution in [0.2, 0.25) is 0 Å². The molecule has 5 nitrogen and oxygen atoms in total. The Morgan fingerprint density at radius 1 is 1.25 bits per heavy atom. The van der Waals surface area contributed by atoms with E-state index in [0.29, 0.717) is 12.3 Å². The average Bonchev–Trinajstić information content (AvgIpc) is 3.04. The fourth-order valence-electron chi connectivity index (χ4n) is 2.35. The number of H-pyrrole nitrogens is 1. The number of ether oxygens (including phenoxy) is 2. The molecule has 3 rings (SSSR count). The number of fused-ring (bicyclic) bond motifs is 1. The summed E-state index contributed by atoms with van der Waals surface area (Å²) in [7, 11) is 0. The Morgan fingerprint density at radius 3 is 2.96 bits per heavy atom. The molecular formula is C19H20N2O3. The van der Waals surface area contributed by atoms with Gasteiger partial charge in [-0.2, -0.15) is 0 Å². The quantitative estimate of drug-likeness (QED) is 0.525. The molecule has 0 amide bonds. The van der Waals surface area contributed by atoms with E-state index in [1.165, 1.54) is 0 Å². The highest BCUT2D eigenvalue weighted by Crippen LogP contribution is 2.22. The van der Waals surface area contributed by atoms with E-state index in [0.717, 1.165) is 35.1 Å². The lowest BCUT2D eigenvalue weighted by atomic mass is 10.2. The third-order valence-corrected chi connectivity index (χ3v) is 3.67. The van der Waals surface area contributed by atoms with E-state index in [-0.39, 0.29) is 12.6 Å². The third kappa shape index (κ3) is 3.93. The highest BCUT2D eigenvalue weighted by Gasteiger charge is 2.11. The normalized spacial score (nSPS) is 10.7. The first kappa shape index (κ1) is 16.1. The molecule has 0 atom stereocenters. The Balaban J connectivity index is 1.67. The zero-order valence-corrected chi connectivity index (χ0v) is 13.6. The molecule has 124 valence electrons. The van der Waals surface area contributed by atoms with Crippen LogP contribution in [0.3, 0.4) is 0 Å². The van der Waals surface area contributed by atoms with E-state index < -0.39 is 0 Å². The van der Waals surface area contributed by atoms with Gasteiger partial charge in [0.1, 0.15) is 18.1 Å². The van der Waals surface area contributed by atoms with Gasteiger partial charge in [0.25, 0.3) is 0 Å². The fourth-order valence-corrected chi connectivity index (χ4v) is 2.35. The van der Waals surface area contributed by atoms with E-state index in [2.05, 4.69) is 16.9 Å². The highest BCUT2D eigenvalue weighted by molar-refractivity contribution is 5.95. The predicted molar refractivity (Wildman–Crippen MR) is 92.1 cm³/mol. The van der Waals surface area contributed by atoms with Crippen LogP contribution >= 0.6 is 0 Å². The van der Waals surface area contributed by atoms with Crippen molar-refractivity contribution in [3.8, 4) is 5.75 Å². The van der Waals surface area contributed by atoms with Gasteiger partial charge in [0.2, 0.25) is 0 Å². The zero-order chi connectivity index (χ0) is 16.8. The summed E-state index contributed by atoms with van der Waals surface area (Å²) in [5.41, 5.74) is 2.14. The van der Waals surface area contributed by atoms with Crippen molar-refractivity contribution >= 4 is 16.9 Å². The lowest BCUT2D eigenvalue weighted by molar-refractivity contribution is 0.0466. The topological polar surface area (TPSA) is 64.2 Å². The molecule has 0 aliphatic rings. The molecule has 5 heteroatoms. The summed E-state index contributed by atoms with van der Waals surface area (Å²) in [6.45, 7) is 3.02. The third-order valence-electron chi connectivity index (χ3n) is 3.67. The van der Waals surface area contributed by atoms with Gasteiger partial charge in [-0.1, -0.05) is 19.4 Å². The number of aromatic nitrogens is 2. The zero-order valence-electron chi connectivity index (χ0n) is 13.6. The van der Waals surface area contributed by atoms with Gasteiger partial charge >= 0.3 is 5.97 Å². The van der Waals surface area contributed by atoms with Crippen molar-refractivity contribution in [3.05, 3.63) is 60.0 Å². The van der Waals surface area contributed by atoms with Crippen LogP contribution in [0, 0.1) is 0 Å². The number of aromatic amines is 1. The van der Waals surface area contributed by atoms with E-state index >= 15 is 0 Å². The monoisotopic (exact) mass is 324 g/mol. The SMILES string of the molecule is CCCCOc1ccc2cc(C(=O)OCc3cccnc3)[nH]c2c1. The molecule has 0 aliphatic carbocycles. The van der Waals surface area contributed by atoms with E-state index in [4.69, 9.17) is 9.47 Å². The average molecular weight is 324 g/mol. The Morgan fingerprint density at radius 2 is 2.17 bits per heavy atom. The first-order chi connectivity index (χ1) is 11.8. The number of pyridine rings is 1. The molecule has 0 saturated heterocycles. The molecule has 0 aliphatic heterocycles. The molecule has 2 heterocycles. The maximum absolute atomic E-state index is 12.2. The molecule has 24 heavy (non-hydrogen) atoms. The van der Waals surface area contributed by atoms with Crippen LogP contribution < -0.4 is 4.74 Å². The second-order valence-corrected chi connectivity index (χ2v) is 5.57. The maximum Gasteiger partial charge on any atom is 0.355 e. The Kier molecular flexibility index (Phi) is 5.11. The molecule has 0 fully saturated rings. The van der Waals surface area contributed by atoms with Crippen molar-refractivity contribution in [2.45, 2.75) is 26.4 Å². The second-order valence-electron chi connectivity index (χ2n) is 5.57. The Labute approximate surface area is 140 Å². The van der Waals surface area contributed by atoms with Crippen molar-refractivity contribution in [2.75, 3.05) is 6.61 Å². The van der Waals surface area contributed by atoms with Crippen LogP contribution in [0.15, 0.2) is 48.8 Å². The number of benzene rings is 1. The first-order valence-corrected chi connectivity index (χ1v) is 8.08. The van der Waals surface area contributed by atoms with Crippen LogP contribution in [0.1, 0.15) is 35.8 Å². The van der Waals surface area contributed by atoms with Gasteiger partial charge < -0.3 is 14.5 Å². The van der Waals surface area contributed by atoms with Crippen LogP contribution in [0.5, 0.6) is 5.75 Å². The van der Waals surface area contributed by atoms with Gasteiger partial charge in [0.15, 0.2) is 0 Å². The van der Waals surface area contributed by atoms with Gasteiger partial charge in [-0.3, -0.25) is 4.98 Å². The smallest absolute Gasteiger partial charge is 0.355 e. The van der Waals surface area contributed by atoms with Gasteiger partial charge in [0, 0.05) is 34.9 Å². The summed E-state index contributed by atoms with van der Waals surface area (Å²) in [5.74, 6) is 0.414. The number of hydrogen-bond donors (Lipinski definition) is 1. The van der Waals surface area contributed by atoms with Crippen molar-refractivity contribution in [2.24, 2.45) is 0 Å². The molecule has 0 unspecified atom stereocenters. The molecule has 0 spiro atoms. The van der Waals surface area contributed by atoms with E-state index in [9.17, 15) is 4.79 Å². The van der Waals surface area contributed by atoms with E-state index in [1.54, 1.807) is 18.5 Å². The van der Waals surface area contributed by atoms with Crippen molar-refractivity contribution < 1.29 is 14.3 Å². The molecular weight excluding hydrogens is 304 g/mol. The molecule has 0 bridgehead atoms. The molecule has 3 aromatic rings. The highest BCUT2D eigenvalue weighted by atomic mass is 16.5. The molecule has 1 N–H and O–H groups in total. The Hall–Kier alpha value is -2.82. The number of nitrogens with one attached hydrogen (secondary N) is 1. The van der Waals surface area contributed by atoms with Gasteiger partial charge in [-0.15, -0.1) is 0 Å². The summed E-state index contributed by atoms with van der Waals surface area (Å²) in [6.07, 6.45) is 5.48. The lowest BCUT2D eigenvalue weighted by Crippen LogP contribution is -2.05. The van der Waals surface area contributed by atoms with Crippen LogP contribution in [0.25, 0.3) is 10.9 Å². The number of carbonyl (C=O) groups excluding carboxylic acids is 1. The van der Waals surface area contributed by atoms with Crippen LogP contribution in [0.4, 0.5) is 0 Å². The second kappa shape index (κ2) is 7.64. The summed E-state index contributed by atoms with van der Waals surface area (Å²) >= 11 is 0. The predicted octanol–water partition coefficient (Wildman–Crippen LogP) is 4.10. The van der Waals surface area contributed by atoms with Gasteiger partial charge in [-0.05, 0) is 30.7 Å². The molecule has 2 aromatic heterocycles. The number of esters is 1. The first-order valence-electron chi connectivity index (χ1n) is 8.08. The minimum Gasteiger partial charge on any atom is -0.494 e. The molecule has 1 aromatic carbocycles. The largest absolute Gasteiger partial charge is 0.494 e. The standard InChI is InChI=1S/C19H20N2O3/c1-2-3-9-23-16-7-6-15-10-18(21-17(15)11-16)19(22)24-13-14-5-4-8-20-12-14/h4-8,10-12,21H,2-3,9,13H2,1H3. The maximum atomic E-state index is 12.2. The summed E-state index contributed by atoms with van der Waals surface area (Å²) in [6, 6.07) is 11.2. The van der Waals surface area contributed by atoms with Crippen molar-refractivity contribution in [1.29, 1.82) is 0 Å². The number of unbranched alkanes of at least 4 members (excludes halogenated alkanes) is 1. The summed E-state index contributed by atoms with van der Waals surface area (Å²) in [5, 5.41) is 0.950. The van der Waals surface area contributed by atoms with Crippen molar-refractivity contribution in [3.63, 3.8) is 0 Å². The Bertz CT molecular complexity index is 812. The van der Waals surface area contributed by atoms with Gasteiger partial charge in [-0.25, -0.2) is 4.79 Å². The number of rotatable bonds is 7. The van der Waals surface area contributed by atoms with Crippen LogP contribution in [-0.2, 0) is 11.3 Å².